The summed E-state index contributed by atoms with van der Waals surface area (Å²) in [5, 5.41) is 25.0. The van der Waals surface area contributed by atoms with Crippen LogP contribution in [-0.2, 0) is 12.7 Å². The lowest BCUT2D eigenvalue weighted by atomic mass is 10.0. The molecule has 2 aromatic carbocycles. The first-order valence-electron chi connectivity index (χ1n) is 12.3. The third-order valence-electron chi connectivity index (χ3n) is 5.64. The van der Waals surface area contributed by atoms with Gasteiger partial charge >= 0.3 is 6.18 Å². The van der Waals surface area contributed by atoms with Crippen molar-refractivity contribution in [3.8, 4) is 17.3 Å². The second-order valence-electron chi connectivity index (χ2n) is 10.2. The van der Waals surface area contributed by atoms with Gasteiger partial charge in [-0.2, -0.15) is 23.2 Å². The van der Waals surface area contributed by atoms with Gasteiger partial charge in [0.1, 0.15) is 6.54 Å². The van der Waals surface area contributed by atoms with Gasteiger partial charge in [0.05, 0.1) is 34.1 Å². The molecule has 2 heterocycles. The first-order chi connectivity index (χ1) is 19.7. The summed E-state index contributed by atoms with van der Waals surface area (Å²) in [6, 6.07) is 11.4. The molecule has 0 radical (unpaired) electrons. The summed E-state index contributed by atoms with van der Waals surface area (Å²) in [7, 11) is 0. The maximum absolute atomic E-state index is 13.7. The summed E-state index contributed by atoms with van der Waals surface area (Å²) in [5.41, 5.74) is 0.700. The van der Waals surface area contributed by atoms with Crippen molar-refractivity contribution in [1.82, 2.24) is 35.5 Å². The van der Waals surface area contributed by atoms with Gasteiger partial charge in [-0.15, -0.1) is 10.2 Å². The summed E-state index contributed by atoms with van der Waals surface area (Å²) in [5.74, 6) is -2.65. The van der Waals surface area contributed by atoms with Crippen molar-refractivity contribution in [2.45, 2.75) is 46.0 Å². The van der Waals surface area contributed by atoms with E-state index in [1.807, 2.05) is 6.07 Å². The predicted molar refractivity (Wildman–Crippen MR) is 145 cm³/mol. The number of tetrazole rings is 1. The van der Waals surface area contributed by atoms with Crippen LogP contribution in [0.3, 0.4) is 0 Å². The third kappa shape index (κ3) is 6.87. The van der Waals surface area contributed by atoms with Gasteiger partial charge in [-0.05, 0) is 56.7 Å². The summed E-state index contributed by atoms with van der Waals surface area (Å²) in [6.07, 6.45) is -3.60. The number of benzene rings is 2. The minimum atomic E-state index is -4.78. The van der Waals surface area contributed by atoms with Crippen LogP contribution in [0.15, 0.2) is 42.6 Å². The largest absolute Gasteiger partial charge is 0.455 e. The maximum atomic E-state index is 13.7. The van der Waals surface area contributed by atoms with E-state index in [1.54, 1.807) is 52.0 Å². The Labute approximate surface area is 242 Å². The number of halogens is 4. The molecule has 0 bridgehead atoms. The number of anilines is 1. The number of rotatable bonds is 6. The number of hydrogen-bond donors (Lipinski definition) is 2. The standard InChI is InChI=1S/C27H23ClF3N9O2/c1-14-9-15(11-32)10-17(24(42)36-26(2,3)4)21(14)35-23(41)18-12-33-20(13-40-38-25(37-39-40)27(29,30)31)34-22(18)16-7-5-6-8-19(16)28/h5-10,12H,13H2,1-4H3,(H,35,41)(H,36,42). The van der Waals surface area contributed by atoms with Crippen molar-refractivity contribution in [2.75, 3.05) is 5.32 Å². The molecule has 4 aromatic rings. The fourth-order valence-electron chi connectivity index (χ4n) is 3.85. The molecule has 0 fully saturated rings. The average Bonchev–Trinajstić information content (AvgIpc) is 3.38. The van der Waals surface area contributed by atoms with Crippen LogP contribution in [0.25, 0.3) is 11.3 Å². The van der Waals surface area contributed by atoms with Crippen molar-refractivity contribution in [2.24, 2.45) is 0 Å². The predicted octanol–water partition coefficient (Wildman–Crippen LogP) is 4.81. The number of carbonyl (C=O) groups is 2. The van der Waals surface area contributed by atoms with Crippen LogP contribution >= 0.6 is 11.6 Å². The molecular formula is C27H23ClF3N9O2. The Morgan fingerprint density at radius 3 is 2.43 bits per heavy atom. The molecule has 0 atom stereocenters. The molecule has 0 aliphatic rings. The number of nitrogens with zero attached hydrogens (tertiary/aromatic N) is 7. The zero-order chi connectivity index (χ0) is 30.8. The topological polar surface area (TPSA) is 151 Å². The van der Waals surface area contributed by atoms with E-state index < -0.39 is 29.4 Å². The van der Waals surface area contributed by atoms with E-state index in [2.05, 4.69) is 36.0 Å². The molecule has 2 aromatic heterocycles. The van der Waals surface area contributed by atoms with Gasteiger partial charge in [0, 0.05) is 22.3 Å². The number of amides is 2. The highest BCUT2D eigenvalue weighted by Gasteiger charge is 2.37. The number of nitrogens with one attached hydrogen (secondary N) is 2. The van der Waals surface area contributed by atoms with Gasteiger partial charge in [0.25, 0.3) is 17.6 Å². The molecule has 15 heteroatoms. The first-order valence-corrected chi connectivity index (χ1v) is 12.7. The fraction of sp³-hybridized carbons (Fsp3) is 0.259. The molecule has 11 nitrogen and oxygen atoms in total. The number of aryl methyl sites for hydroxylation is 1. The van der Waals surface area contributed by atoms with Gasteiger partial charge in [-0.3, -0.25) is 9.59 Å². The molecule has 0 saturated carbocycles. The molecule has 0 aliphatic heterocycles. The smallest absolute Gasteiger partial charge is 0.347 e. The van der Waals surface area contributed by atoms with Crippen molar-refractivity contribution in [3.05, 3.63) is 81.5 Å². The Morgan fingerprint density at radius 1 is 1.10 bits per heavy atom. The summed E-state index contributed by atoms with van der Waals surface area (Å²) < 4.78 is 38.7. The Morgan fingerprint density at radius 2 is 1.81 bits per heavy atom. The van der Waals surface area contributed by atoms with E-state index in [4.69, 9.17) is 11.6 Å². The SMILES string of the molecule is Cc1cc(C#N)cc(C(=O)NC(C)(C)C)c1NC(=O)c1cnc(Cn2nnc(C(F)(F)F)n2)nc1-c1ccccc1Cl. The second kappa shape index (κ2) is 11.5. The zero-order valence-corrected chi connectivity index (χ0v) is 23.5. The highest BCUT2D eigenvalue weighted by Crippen LogP contribution is 2.31. The van der Waals surface area contributed by atoms with Gasteiger partial charge in [-0.25, -0.2) is 9.97 Å². The summed E-state index contributed by atoms with van der Waals surface area (Å²) >= 11 is 6.41. The summed E-state index contributed by atoms with van der Waals surface area (Å²) in [6.45, 7) is 6.63. The van der Waals surface area contributed by atoms with Gasteiger partial charge in [0.2, 0.25) is 0 Å². The number of hydrogen-bond acceptors (Lipinski definition) is 8. The first kappa shape index (κ1) is 30.1. The normalized spacial score (nSPS) is 11.6. The van der Waals surface area contributed by atoms with E-state index in [0.29, 0.717) is 15.9 Å². The monoisotopic (exact) mass is 597 g/mol. The number of alkyl halides is 3. The zero-order valence-electron chi connectivity index (χ0n) is 22.7. The van der Waals surface area contributed by atoms with Crippen LogP contribution < -0.4 is 10.6 Å². The molecule has 42 heavy (non-hydrogen) atoms. The number of aromatic nitrogens is 6. The lowest BCUT2D eigenvalue weighted by Crippen LogP contribution is -2.41. The van der Waals surface area contributed by atoms with E-state index in [-0.39, 0.29) is 45.5 Å². The van der Waals surface area contributed by atoms with Crippen LogP contribution in [0, 0.1) is 18.3 Å². The minimum absolute atomic E-state index is 0.0209. The van der Waals surface area contributed by atoms with Crippen molar-refractivity contribution in [1.29, 1.82) is 5.26 Å². The molecule has 0 unspecified atom stereocenters. The van der Waals surface area contributed by atoms with E-state index >= 15 is 0 Å². The van der Waals surface area contributed by atoms with E-state index in [1.165, 1.54) is 18.3 Å². The van der Waals surface area contributed by atoms with Crippen molar-refractivity contribution < 1.29 is 22.8 Å². The maximum Gasteiger partial charge on any atom is 0.455 e. The van der Waals surface area contributed by atoms with Gasteiger partial charge in [-0.1, -0.05) is 29.8 Å². The van der Waals surface area contributed by atoms with Crippen molar-refractivity contribution >= 4 is 29.1 Å². The van der Waals surface area contributed by atoms with E-state index in [9.17, 15) is 28.0 Å². The minimum Gasteiger partial charge on any atom is -0.347 e. The molecule has 0 aliphatic carbocycles. The number of nitriles is 1. The lowest BCUT2D eigenvalue weighted by Gasteiger charge is -2.22. The van der Waals surface area contributed by atoms with Crippen LogP contribution in [0.1, 0.15) is 64.3 Å². The highest BCUT2D eigenvalue weighted by atomic mass is 35.5. The average molecular weight is 598 g/mol. The second-order valence-corrected chi connectivity index (χ2v) is 10.6. The summed E-state index contributed by atoms with van der Waals surface area (Å²) in [4.78, 5) is 36.0. The van der Waals surface area contributed by atoms with Crippen LogP contribution in [0.5, 0.6) is 0 Å². The van der Waals surface area contributed by atoms with Crippen molar-refractivity contribution in [3.63, 3.8) is 0 Å². The molecule has 2 amide bonds. The van der Waals surface area contributed by atoms with E-state index in [0.717, 1.165) is 0 Å². The Bertz CT molecular complexity index is 1720. The number of carbonyl (C=O) groups excluding carboxylic acids is 2. The Hall–Kier alpha value is -4.90. The van der Waals surface area contributed by atoms with Crippen LogP contribution in [0.2, 0.25) is 5.02 Å². The highest BCUT2D eigenvalue weighted by molar-refractivity contribution is 6.33. The Balaban J connectivity index is 1.76. The molecule has 0 spiro atoms. The molecule has 2 N–H and O–H groups in total. The molecule has 216 valence electrons. The molecular weight excluding hydrogens is 575 g/mol. The fourth-order valence-corrected chi connectivity index (χ4v) is 4.08. The lowest BCUT2D eigenvalue weighted by molar-refractivity contribution is -0.145. The Kier molecular flexibility index (Phi) is 8.26. The van der Waals surface area contributed by atoms with Crippen LogP contribution in [-0.4, -0.2) is 47.5 Å². The molecule has 4 rings (SSSR count). The van der Waals surface area contributed by atoms with Gasteiger partial charge in [0.15, 0.2) is 5.82 Å². The molecule has 0 saturated heterocycles. The quantitative estimate of drug-likeness (QED) is 0.321. The van der Waals surface area contributed by atoms with Crippen LogP contribution in [0.4, 0.5) is 18.9 Å². The third-order valence-corrected chi connectivity index (χ3v) is 5.97. The van der Waals surface area contributed by atoms with Gasteiger partial charge < -0.3 is 10.6 Å².